The van der Waals surface area contributed by atoms with E-state index in [1.807, 2.05) is 46.5 Å². The Balaban J connectivity index is 3.62. The van der Waals surface area contributed by atoms with Crippen molar-refractivity contribution < 1.29 is 9.53 Å². The molecule has 0 aromatic heterocycles. The van der Waals surface area contributed by atoms with E-state index in [9.17, 15) is 4.79 Å². The van der Waals surface area contributed by atoms with Gasteiger partial charge in [-0.25, -0.2) is 4.79 Å². The fourth-order valence-electron chi connectivity index (χ4n) is 0.985. The maximum atomic E-state index is 11.4. The summed E-state index contributed by atoms with van der Waals surface area (Å²) in [4.78, 5) is 11.4. The highest BCUT2D eigenvalue weighted by Gasteiger charge is 2.17. The number of rotatable bonds is 6. The Labute approximate surface area is 103 Å². The van der Waals surface area contributed by atoms with Gasteiger partial charge in [0, 0.05) is 24.1 Å². The SMILES string of the molecule is CNCCSC[C@@H](C)NC(=O)OC(C)(C)C. The van der Waals surface area contributed by atoms with Crippen LogP contribution in [0.4, 0.5) is 4.79 Å². The second-order valence-corrected chi connectivity index (χ2v) is 5.88. The highest BCUT2D eigenvalue weighted by Crippen LogP contribution is 2.07. The second-order valence-electron chi connectivity index (χ2n) is 4.73. The van der Waals surface area contributed by atoms with E-state index in [0.29, 0.717) is 0 Å². The number of hydrogen-bond acceptors (Lipinski definition) is 4. The fraction of sp³-hybridized carbons (Fsp3) is 0.909. The molecule has 0 aliphatic rings. The lowest BCUT2D eigenvalue weighted by atomic mass is 10.2. The van der Waals surface area contributed by atoms with E-state index in [1.165, 1.54) is 0 Å². The van der Waals surface area contributed by atoms with Crippen LogP contribution in [-0.4, -0.2) is 42.8 Å². The van der Waals surface area contributed by atoms with E-state index in [4.69, 9.17) is 4.74 Å². The van der Waals surface area contributed by atoms with Crippen LogP contribution in [0, 0.1) is 0 Å². The van der Waals surface area contributed by atoms with Crippen molar-refractivity contribution in [3.05, 3.63) is 0 Å². The molecule has 0 unspecified atom stereocenters. The van der Waals surface area contributed by atoms with Crippen molar-refractivity contribution in [3.63, 3.8) is 0 Å². The molecule has 0 bridgehead atoms. The number of thioether (sulfide) groups is 1. The number of carbonyl (C=O) groups excluding carboxylic acids is 1. The molecule has 0 aromatic carbocycles. The average molecular weight is 248 g/mol. The minimum absolute atomic E-state index is 0.136. The smallest absolute Gasteiger partial charge is 0.407 e. The standard InChI is InChI=1S/C11H24N2O2S/c1-9(8-16-7-6-12-5)13-10(14)15-11(2,3)4/h9,12H,6-8H2,1-5H3,(H,13,14)/t9-/m1/s1. The molecule has 0 heterocycles. The summed E-state index contributed by atoms with van der Waals surface area (Å²) in [5, 5.41) is 5.89. The van der Waals surface area contributed by atoms with E-state index in [1.54, 1.807) is 0 Å². The highest BCUT2D eigenvalue weighted by molar-refractivity contribution is 7.99. The van der Waals surface area contributed by atoms with Crippen LogP contribution in [0.15, 0.2) is 0 Å². The van der Waals surface area contributed by atoms with Crippen molar-refractivity contribution in [2.45, 2.75) is 39.3 Å². The molecule has 0 radical (unpaired) electrons. The van der Waals surface area contributed by atoms with Gasteiger partial charge < -0.3 is 15.4 Å². The first-order valence-electron chi connectivity index (χ1n) is 5.57. The monoisotopic (exact) mass is 248 g/mol. The predicted octanol–water partition coefficient (Wildman–Crippen LogP) is 1.85. The molecule has 1 atom stereocenters. The third kappa shape index (κ3) is 10.1. The normalized spacial score (nSPS) is 13.3. The zero-order valence-corrected chi connectivity index (χ0v) is 11.7. The zero-order valence-electron chi connectivity index (χ0n) is 10.9. The lowest BCUT2D eigenvalue weighted by Crippen LogP contribution is -2.38. The van der Waals surface area contributed by atoms with Crippen LogP contribution in [0.3, 0.4) is 0 Å². The summed E-state index contributed by atoms with van der Waals surface area (Å²) < 4.78 is 5.16. The molecule has 0 aliphatic heterocycles. The summed E-state index contributed by atoms with van der Waals surface area (Å²) in [5.74, 6) is 1.96. The lowest BCUT2D eigenvalue weighted by Gasteiger charge is -2.21. The third-order valence-corrected chi connectivity index (χ3v) is 2.86. The van der Waals surface area contributed by atoms with Crippen molar-refractivity contribution in [2.75, 3.05) is 25.1 Å². The Hall–Kier alpha value is -0.420. The van der Waals surface area contributed by atoms with Crippen molar-refractivity contribution >= 4 is 17.9 Å². The zero-order chi connectivity index (χ0) is 12.6. The van der Waals surface area contributed by atoms with E-state index in [0.717, 1.165) is 18.1 Å². The van der Waals surface area contributed by atoms with Crippen LogP contribution in [0.2, 0.25) is 0 Å². The van der Waals surface area contributed by atoms with Crippen LogP contribution < -0.4 is 10.6 Å². The molecule has 0 aromatic rings. The van der Waals surface area contributed by atoms with Gasteiger partial charge in [-0.1, -0.05) is 0 Å². The van der Waals surface area contributed by atoms with Crippen LogP contribution in [0.5, 0.6) is 0 Å². The first-order valence-corrected chi connectivity index (χ1v) is 6.72. The summed E-state index contributed by atoms with van der Waals surface area (Å²) >= 11 is 1.81. The van der Waals surface area contributed by atoms with Crippen LogP contribution >= 0.6 is 11.8 Å². The average Bonchev–Trinajstić information content (AvgIpc) is 2.09. The van der Waals surface area contributed by atoms with Gasteiger partial charge in [-0.15, -0.1) is 0 Å². The topological polar surface area (TPSA) is 50.4 Å². The summed E-state index contributed by atoms with van der Waals surface area (Å²) in [7, 11) is 1.93. The quantitative estimate of drug-likeness (QED) is 0.704. The number of nitrogens with one attached hydrogen (secondary N) is 2. The molecule has 1 amide bonds. The summed E-state index contributed by atoms with van der Waals surface area (Å²) in [5.41, 5.74) is -0.428. The highest BCUT2D eigenvalue weighted by atomic mass is 32.2. The molecule has 5 heteroatoms. The Morgan fingerprint density at radius 2 is 2.06 bits per heavy atom. The van der Waals surface area contributed by atoms with Crippen LogP contribution in [0.25, 0.3) is 0 Å². The van der Waals surface area contributed by atoms with Gasteiger partial charge >= 0.3 is 6.09 Å². The molecular formula is C11H24N2O2S. The third-order valence-electron chi connectivity index (χ3n) is 1.63. The van der Waals surface area contributed by atoms with E-state index < -0.39 is 5.60 Å². The number of carbonyl (C=O) groups is 1. The molecular weight excluding hydrogens is 224 g/mol. The number of alkyl carbamates (subject to hydrolysis) is 1. The van der Waals surface area contributed by atoms with Crippen molar-refractivity contribution in [3.8, 4) is 0 Å². The molecule has 96 valence electrons. The van der Waals surface area contributed by atoms with Crippen molar-refractivity contribution in [1.82, 2.24) is 10.6 Å². The molecule has 2 N–H and O–H groups in total. The molecule has 4 nitrogen and oxygen atoms in total. The minimum Gasteiger partial charge on any atom is -0.444 e. The van der Waals surface area contributed by atoms with Gasteiger partial charge in [-0.05, 0) is 34.7 Å². The van der Waals surface area contributed by atoms with Gasteiger partial charge in [-0.2, -0.15) is 11.8 Å². The first-order chi connectivity index (χ1) is 7.35. The summed E-state index contributed by atoms with van der Waals surface area (Å²) in [6.45, 7) is 8.55. The van der Waals surface area contributed by atoms with Gasteiger partial charge in [0.15, 0.2) is 0 Å². The lowest BCUT2D eigenvalue weighted by molar-refractivity contribution is 0.0513. The largest absolute Gasteiger partial charge is 0.444 e. The second kappa shape index (κ2) is 7.79. The van der Waals surface area contributed by atoms with E-state index >= 15 is 0 Å². The fourth-order valence-corrected chi connectivity index (χ4v) is 1.94. The number of amides is 1. The van der Waals surface area contributed by atoms with Crippen LogP contribution in [-0.2, 0) is 4.74 Å². The first kappa shape index (κ1) is 15.6. The molecule has 0 spiro atoms. The number of ether oxygens (including phenoxy) is 1. The van der Waals surface area contributed by atoms with E-state index in [2.05, 4.69) is 10.6 Å². The number of hydrogen-bond donors (Lipinski definition) is 2. The molecule has 0 aliphatic carbocycles. The maximum Gasteiger partial charge on any atom is 0.407 e. The molecule has 16 heavy (non-hydrogen) atoms. The van der Waals surface area contributed by atoms with Gasteiger partial charge in [0.05, 0.1) is 0 Å². The Morgan fingerprint density at radius 1 is 1.44 bits per heavy atom. The maximum absolute atomic E-state index is 11.4. The molecule has 0 rings (SSSR count). The minimum atomic E-state index is -0.428. The summed E-state index contributed by atoms with van der Waals surface area (Å²) in [6.07, 6.45) is -0.339. The Bertz CT molecular complexity index is 205. The summed E-state index contributed by atoms with van der Waals surface area (Å²) in [6, 6.07) is 0.136. The van der Waals surface area contributed by atoms with Crippen LogP contribution in [0.1, 0.15) is 27.7 Å². The molecule has 0 saturated carbocycles. The Morgan fingerprint density at radius 3 is 2.56 bits per heavy atom. The molecule has 0 saturated heterocycles. The van der Waals surface area contributed by atoms with Gasteiger partial charge in [0.1, 0.15) is 5.60 Å². The van der Waals surface area contributed by atoms with E-state index in [-0.39, 0.29) is 12.1 Å². The van der Waals surface area contributed by atoms with Crippen molar-refractivity contribution in [1.29, 1.82) is 0 Å². The predicted molar refractivity (Wildman–Crippen MR) is 70.1 cm³/mol. The Kier molecular flexibility index (Phi) is 7.58. The molecule has 0 fully saturated rings. The van der Waals surface area contributed by atoms with Crippen molar-refractivity contribution in [2.24, 2.45) is 0 Å². The van der Waals surface area contributed by atoms with Gasteiger partial charge in [-0.3, -0.25) is 0 Å². The van der Waals surface area contributed by atoms with Gasteiger partial charge in [0.25, 0.3) is 0 Å². The van der Waals surface area contributed by atoms with Gasteiger partial charge in [0.2, 0.25) is 0 Å².